The lowest BCUT2D eigenvalue weighted by Gasteiger charge is -2.30. The van der Waals surface area contributed by atoms with Crippen molar-refractivity contribution in [1.82, 2.24) is 10.2 Å². The van der Waals surface area contributed by atoms with Crippen molar-refractivity contribution < 1.29 is 14.3 Å². The summed E-state index contributed by atoms with van der Waals surface area (Å²) in [6.07, 6.45) is 0.311. The molecule has 1 aliphatic rings. The van der Waals surface area contributed by atoms with Crippen molar-refractivity contribution in [3.8, 4) is 0 Å². The van der Waals surface area contributed by atoms with Gasteiger partial charge in [-0.2, -0.15) is 0 Å². The summed E-state index contributed by atoms with van der Waals surface area (Å²) in [5, 5.41) is 12.8. The zero-order valence-corrected chi connectivity index (χ0v) is 13.4. The number of β-amino-alcohol motifs (C(OH)–C–C–N with tert-alkyl or cyclic N) is 1. The SMILES string of the molecule is O=C(NCC(O)CN1CCc2ccccc2C1)c1cccc(F)c1. The highest BCUT2D eigenvalue weighted by atomic mass is 19.1. The molecule has 4 nitrogen and oxygen atoms in total. The molecule has 0 aromatic heterocycles. The molecule has 0 radical (unpaired) electrons. The van der Waals surface area contributed by atoms with Crippen LogP contribution >= 0.6 is 0 Å². The van der Waals surface area contributed by atoms with Gasteiger partial charge in [-0.05, 0) is 35.7 Å². The molecule has 0 fully saturated rings. The standard InChI is InChI=1S/C19H21FN2O2/c20-17-7-3-6-15(10-17)19(24)21-11-18(23)13-22-9-8-14-4-1-2-5-16(14)12-22/h1-7,10,18,23H,8-9,11-13H2,(H,21,24). The molecule has 1 aliphatic heterocycles. The number of aliphatic hydroxyl groups is 1. The van der Waals surface area contributed by atoms with E-state index < -0.39 is 11.9 Å². The summed E-state index contributed by atoms with van der Waals surface area (Å²) >= 11 is 0. The average Bonchev–Trinajstić information content (AvgIpc) is 2.59. The van der Waals surface area contributed by atoms with Crippen LogP contribution in [0, 0.1) is 5.82 Å². The van der Waals surface area contributed by atoms with Crippen molar-refractivity contribution in [3.05, 3.63) is 71.0 Å². The maximum absolute atomic E-state index is 13.1. The highest BCUT2D eigenvalue weighted by Crippen LogP contribution is 2.18. The smallest absolute Gasteiger partial charge is 0.251 e. The summed E-state index contributed by atoms with van der Waals surface area (Å²) < 4.78 is 13.1. The molecule has 0 aliphatic carbocycles. The summed E-state index contributed by atoms with van der Waals surface area (Å²) in [6.45, 7) is 2.35. The van der Waals surface area contributed by atoms with Crippen LogP contribution in [0.5, 0.6) is 0 Å². The monoisotopic (exact) mass is 328 g/mol. The number of nitrogens with zero attached hydrogens (tertiary/aromatic N) is 1. The Labute approximate surface area is 140 Å². The lowest BCUT2D eigenvalue weighted by Crippen LogP contribution is -2.42. The van der Waals surface area contributed by atoms with E-state index in [4.69, 9.17) is 0 Å². The molecule has 1 atom stereocenters. The predicted octanol–water partition coefficient (Wildman–Crippen LogP) is 1.97. The first kappa shape index (κ1) is 16.6. The molecule has 0 bridgehead atoms. The molecule has 1 unspecified atom stereocenters. The molecule has 126 valence electrons. The summed E-state index contributed by atoms with van der Waals surface area (Å²) in [7, 11) is 0. The zero-order valence-electron chi connectivity index (χ0n) is 13.4. The zero-order chi connectivity index (χ0) is 16.9. The lowest BCUT2D eigenvalue weighted by atomic mass is 10.00. The van der Waals surface area contributed by atoms with Crippen molar-refractivity contribution in [2.24, 2.45) is 0 Å². The van der Waals surface area contributed by atoms with Crippen LogP contribution in [0.25, 0.3) is 0 Å². The van der Waals surface area contributed by atoms with Crippen LogP contribution in [-0.4, -0.2) is 41.7 Å². The summed E-state index contributed by atoms with van der Waals surface area (Å²) in [6, 6.07) is 13.8. The minimum Gasteiger partial charge on any atom is -0.390 e. The molecular formula is C19H21FN2O2. The Morgan fingerprint density at radius 2 is 2.00 bits per heavy atom. The van der Waals surface area contributed by atoms with Gasteiger partial charge in [-0.3, -0.25) is 9.69 Å². The van der Waals surface area contributed by atoms with E-state index >= 15 is 0 Å². The van der Waals surface area contributed by atoms with Crippen LogP contribution < -0.4 is 5.32 Å². The molecular weight excluding hydrogens is 307 g/mol. The molecule has 2 N–H and O–H groups in total. The van der Waals surface area contributed by atoms with E-state index in [1.165, 1.54) is 29.3 Å². The first-order valence-corrected chi connectivity index (χ1v) is 8.13. The normalized spacial score (nSPS) is 15.6. The highest BCUT2D eigenvalue weighted by Gasteiger charge is 2.18. The van der Waals surface area contributed by atoms with Gasteiger partial charge in [0.05, 0.1) is 6.10 Å². The predicted molar refractivity (Wildman–Crippen MR) is 90.2 cm³/mol. The van der Waals surface area contributed by atoms with Gasteiger partial charge in [-0.1, -0.05) is 30.3 Å². The molecule has 1 heterocycles. The molecule has 0 saturated carbocycles. The molecule has 2 aromatic carbocycles. The van der Waals surface area contributed by atoms with E-state index in [-0.39, 0.29) is 18.0 Å². The van der Waals surface area contributed by atoms with E-state index in [1.807, 2.05) is 12.1 Å². The third kappa shape index (κ3) is 4.19. The second kappa shape index (κ2) is 7.55. The van der Waals surface area contributed by atoms with Gasteiger partial charge in [0, 0.05) is 31.7 Å². The van der Waals surface area contributed by atoms with Gasteiger partial charge in [0.15, 0.2) is 0 Å². The van der Waals surface area contributed by atoms with Crippen molar-refractivity contribution in [1.29, 1.82) is 0 Å². The molecule has 0 spiro atoms. The fraction of sp³-hybridized carbons (Fsp3) is 0.316. The van der Waals surface area contributed by atoms with Gasteiger partial charge in [-0.25, -0.2) is 4.39 Å². The Balaban J connectivity index is 1.48. The van der Waals surface area contributed by atoms with E-state index in [0.29, 0.717) is 6.54 Å². The number of fused-ring (bicyclic) bond motifs is 1. The first-order chi connectivity index (χ1) is 11.6. The molecule has 0 saturated heterocycles. The Hall–Kier alpha value is -2.24. The third-order valence-electron chi connectivity index (χ3n) is 4.26. The van der Waals surface area contributed by atoms with Crippen LogP contribution in [0.3, 0.4) is 0 Å². The van der Waals surface area contributed by atoms with Crippen molar-refractivity contribution in [2.75, 3.05) is 19.6 Å². The maximum Gasteiger partial charge on any atom is 0.251 e. The van der Waals surface area contributed by atoms with Gasteiger partial charge in [0.1, 0.15) is 5.82 Å². The molecule has 3 rings (SSSR count). The van der Waals surface area contributed by atoms with Crippen LogP contribution in [0.15, 0.2) is 48.5 Å². The Kier molecular flexibility index (Phi) is 5.23. The van der Waals surface area contributed by atoms with Crippen molar-refractivity contribution >= 4 is 5.91 Å². The molecule has 1 amide bonds. The number of hydrogen-bond donors (Lipinski definition) is 2. The van der Waals surface area contributed by atoms with E-state index in [0.717, 1.165) is 19.5 Å². The number of nitrogens with one attached hydrogen (secondary N) is 1. The number of benzene rings is 2. The Bertz CT molecular complexity index is 720. The Morgan fingerprint density at radius 1 is 1.21 bits per heavy atom. The van der Waals surface area contributed by atoms with E-state index in [1.54, 1.807) is 6.07 Å². The number of rotatable bonds is 5. The number of amides is 1. The van der Waals surface area contributed by atoms with Crippen molar-refractivity contribution in [3.63, 3.8) is 0 Å². The van der Waals surface area contributed by atoms with Gasteiger partial charge >= 0.3 is 0 Å². The fourth-order valence-electron chi connectivity index (χ4n) is 3.01. The fourth-order valence-corrected chi connectivity index (χ4v) is 3.01. The van der Waals surface area contributed by atoms with E-state index in [9.17, 15) is 14.3 Å². The van der Waals surface area contributed by atoms with Gasteiger partial charge < -0.3 is 10.4 Å². The first-order valence-electron chi connectivity index (χ1n) is 8.13. The van der Waals surface area contributed by atoms with Crippen LogP contribution in [-0.2, 0) is 13.0 Å². The third-order valence-corrected chi connectivity index (χ3v) is 4.26. The minimum absolute atomic E-state index is 0.146. The maximum atomic E-state index is 13.1. The number of halogens is 1. The largest absolute Gasteiger partial charge is 0.390 e. The number of carbonyl (C=O) groups excluding carboxylic acids is 1. The highest BCUT2D eigenvalue weighted by molar-refractivity contribution is 5.94. The van der Waals surface area contributed by atoms with Crippen LogP contribution in [0.1, 0.15) is 21.5 Å². The summed E-state index contributed by atoms with van der Waals surface area (Å²) in [5.41, 5.74) is 2.91. The topological polar surface area (TPSA) is 52.6 Å². The van der Waals surface area contributed by atoms with Gasteiger partial charge in [0.2, 0.25) is 0 Å². The average molecular weight is 328 g/mol. The quantitative estimate of drug-likeness (QED) is 0.882. The van der Waals surface area contributed by atoms with Gasteiger partial charge in [-0.15, -0.1) is 0 Å². The number of aliphatic hydroxyl groups excluding tert-OH is 1. The lowest BCUT2D eigenvalue weighted by molar-refractivity contribution is 0.0841. The van der Waals surface area contributed by atoms with Crippen LogP contribution in [0.4, 0.5) is 4.39 Å². The molecule has 24 heavy (non-hydrogen) atoms. The van der Waals surface area contributed by atoms with Crippen molar-refractivity contribution in [2.45, 2.75) is 19.1 Å². The van der Waals surface area contributed by atoms with Crippen LogP contribution in [0.2, 0.25) is 0 Å². The number of carbonyl (C=O) groups is 1. The molecule has 5 heteroatoms. The minimum atomic E-state index is -0.659. The Morgan fingerprint density at radius 3 is 2.79 bits per heavy atom. The van der Waals surface area contributed by atoms with E-state index in [2.05, 4.69) is 22.3 Å². The summed E-state index contributed by atoms with van der Waals surface area (Å²) in [4.78, 5) is 14.1. The van der Waals surface area contributed by atoms with Gasteiger partial charge in [0.25, 0.3) is 5.91 Å². The number of hydrogen-bond acceptors (Lipinski definition) is 3. The molecule has 2 aromatic rings. The second-order valence-corrected chi connectivity index (χ2v) is 6.13. The second-order valence-electron chi connectivity index (χ2n) is 6.13. The summed E-state index contributed by atoms with van der Waals surface area (Å²) in [5.74, 6) is -0.826.